The minimum absolute atomic E-state index is 1.14. The molecule has 1 aliphatic carbocycles. The molecule has 0 aromatic heterocycles. The molecule has 0 unspecified atom stereocenters. The fourth-order valence-electron chi connectivity index (χ4n) is 1.77. The van der Waals surface area contributed by atoms with E-state index in [1.165, 1.54) is 11.4 Å². The minimum Gasteiger partial charge on any atom is -0.359 e. The van der Waals surface area contributed by atoms with Crippen LogP contribution in [-0.2, 0) is 0 Å². The second kappa shape index (κ2) is 2.70. The Hall–Kier alpha value is -1.18. The van der Waals surface area contributed by atoms with Crippen molar-refractivity contribution >= 4 is 0 Å². The van der Waals surface area contributed by atoms with Crippen LogP contribution in [0.4, 0.5) is 0 Å². The molecule has 0 radical (unpaired) electrons. The Bertz CT molecular complexity index is 248. The zero-order valence-electron chi connectivity index (χ0n) is 7.62. The molecule has 2 rings (SSSR count). The van der Waals surface area contributed by atoms with E-state index in [-0.39, 0.29) is 0 Å². The lowest BCUT2D eigenvalue weighted by Gasteiger charge is -2.19. The quantitative estimate of drug-likeness (QED) is 0.528. The van der Waals surface area contributed by atoms with Gasteiger partial charge in [0.2, 0.25) is 0 Å². The molecule has 0 aromatic rings. The lowest BCUT2D eigenvalue weighted by molar-refractivity contribution is 0.419. The predicted octanol–water partition coefficient (Wildman–Crippen LogP) is 1.20. The van der Waals surface area contributed by atoms with E-state index in [0.29, 0.717) is 0 Å². The molecule has 2 aliphatic rings. The molecular weight excluding hydrogens is 148 g/mol. The first-order valence-electron chi connectivity index (χ1n) is 4.30. The Morgan fingerprint density at radius 2 is 1.50 bits per heavy atom. The van der Waals surface area contributed by atoms with E-state index in [9.17, 15) is 0 Å². The molecule has 0 aromatic carbocycles. The van der Waals surface area contributed by atoms with Gasteiger partial charge in [-0.1, -0.05) is 24.3 Å². The van der Waals surface area contributed by atoms with Gasteiger partial charge in [-0.15, -0.1) is 0 Å². The van der Waals surface area contributed by atoms with Crippen molar-refractivity contribution < 1.29 is 0 Å². The van der Waals surface area contributed by atoms with Gasteiger partial charge in [-0.05, 0) is 0 Å². The van der Waals surface area contributed by atoms with Gasteiger partial charge in [0.25, 0.3) is 0 Å². The van der Waals surface area contributed by atoms with Crippen molar-refractivity contribution in [1.29, 1.82) is 0 Å². The largest absolute Gasteiger partial charge is 0.359 e. The number of allylic oxidation sites excluding steroid dienone is 5. The monoisotopic (exact) mass is 162 g/mol. The van der Waals surface area contributed by atoms with Gasteiger partial charge >= 0.3 is 0 Å². The molecule has 0 N–H and O–H groups in total. The average Bonchev–Trinajstić information content (AvgIpc) is 2.61. The fourth-order valence-corrected chi connectivity index (χ4v) is 1.77. The van der Waals surface area contributed by atoms with Gasteiger partial charge in [0.1, 0.15) is 5.82 Å². The summed E-state index contributed by atoms with van der Waals surface area (Å²) in [6.07, 6.45) is 8.49. The summed E-state index contributed by atoms with van der Waals surface area (Å²) in [5.41, 5.74) is 1.33. The van der Waals surface area contributed by atoms with Crippen molar-refractivity contribution in [3.05, 3.63) is 35.7 Å². The van der Waals surface area contributed by atoms with Crippen LogP contribution in [0, 0.1) is 0 Å². The summed E-state index contributed by atoms with van der Waals surface area (Å²) < 4.78 is 0. The van der Waals surface area contributed by atoms with Crippen LogP contribution in [0.25, 0.3) is 0 Å². The predicted molar refractivity (Wildman–Crippen MR) is 50.6 cm³/mol. The summed E-state index contributed by atoms with van der Waals surface area (Å²) in [6.45, 7) is 2.27. The van der Waals surface area contributed by atoms with Gasteiger partial charge in [0, 0.05) is 32.8 Å². The van der Waals surface area contributed by atoms with E-state index in [0.717, 1.165) is 13.1 Å². The molecule has 0 saturated carbocycles. The SMILES string of the molecule is CN1CCN(C)C1=C1C=CC=C1. The molecule has 1 heterocycles. The number of likely N-dealkylation sites (N-methyl/N-ethyl adjacent to an activating group) is 2. The van der Waals surface area contributed by atoms with Crippen molar-refractivity contribution in [3.8, 4) is 0 Å². The summed E-state index contributed by atoms with van der Waals surface area (Å²) in [4.78, 5) is 4.60. The molecule has 12 heavy (non-hydrogen) atoms. The number of rotatable bonds is 0. The highest BCUT2D eigenvalue weighted by Crippen LogP contribution is 2.22. The first kappa shape index (κ1) is 7.47. The lowest BCUT2D eigenvalue weighted by Crippen LogP contribution is -2.17. The van der Waals surface area contributed by atoms with Crippen LogP contribution in [-0.4, -0.2) is 37.0 Å². The maximum atomic E-state index is 2.30. The summed E-state index contributed by atoms with van der Waals surface area (Å²) in [5, 5.41) is 0. The third-order valence-corrected chi connectivity index (χ3v) is 2.41. The van der Waals surface area contributed by atoms with Gasteiger partial charge in [0.05, 0.1) is 0 Å². The van der Waals surface area contributed by atoms with Crippen LogP contribution in [0.5, 0.6) is 0 Å². The van der Waals surface area contributed by atoms with E-state index in [2.05, 4.69) is 48.2 Å². The van der Waals surface area contributed by atoms with E-state index in [1.54, 1.807) is 0 Å². The molecule has 1 aliphatic heterocycles. The molecule has 1 fully saturated rings. The zero-order valence-corrected chi connectivity index (χ0v) is 7.62. The second-order valence-corrected chi connectivity index (χ2v) is 3.34. The third kappa shape index (κ3) is 1.04. The number of hydrogen-bond acceptors (Lipinski definition) is 2. The van der Waals surface area contributed by atoms with Gasteiger partial charge in [-0.25, -0.2) is 0 Å². The Morgan fingerprint density at radius 1 is 1.00 bits per heavy atom. The summed E-state index contributed by atoms with van der Waals surface area (Å²) in [5.74, 6) is 1.35. The van der Waals surface area contributed by atoms with Crippen molar-refractivity contribution in [2.75, 3.05) is 27.2 Å². The van der Waals surface area contributed by atoms with Crippen LogP contribution < -0.4 is 0 Å². The van der Waals surface area contributed by atoms with E-state index in [1.807, 2.05) is 0 Å². The third-order valence-electron chi connectivity index (χ3n) is 2.41. The van der Waals surface area contributed by atoms with E-state index < -0.39 is 0 Å². The van der Waals surface area contributed by atoms with E-state index in [4.69, 9.17) is 0 Å². The Kier molecular flexibility index (Phi) is 1.68. The number of hydrogen-bond donors (Lipinski definition) is 0. The maximum absolute atomic E-state index is 2.30. The van der Waals surface area contributed by atoms with E-state index >= 15 is 0 Å². The van der Waals surface area contributed by atoms with Crippen LogP contribution >= 0.6 is 0 Å². The van der Waals surface area contributed by atoms with Crippen LogP contribution in [0.2, 0.25) is 0 Å². The molecule has 0 bridgehead atoms. The van der Waals surface area contributed by atoms with Crippen molar-refractivity contribution in [1.82, 2.24) is 9.80 Å². The Labute approximate surface area is 73.5 Å². The smallest absolute Gasteiger partial charge is 0.111 e. The van der Waals surface area contributed by atoms with Crippen molar-refractivity contribution in [2.45, 2.75) is 0 Å². The molecule has 0 spiro atoms. The first-order chi connectivity index (χ1) is 5.79. The fraction of sp³-hybridized carbons (Fsp3) is 0.400. The summed E-state index contributed by atoms with van der Waals surface area (Å²) in [6, 6.07) is 0. The molecule has 64 valence electrons. The minimum atomic E-state index is 1.14. The van der Waals surface area contributed by atoms with Gasteiger partial charge in [-0.3, -0.25) is 0 Å². The van der Waals surface area contributed by atoms with Gasteiger partial charge in [-0.2, -0.15) is 0 Å². The van der Waals surface area contributed by atoms with Gasteiger partial charge < -0.3 is 9.80 Å². The van der Waals surface area contributed by atoms with Crippen LogP contribution in [0.1, 0.15) is 0 Å². The highest BCUT2D eigenvalue weighted by atomic mass is 15.4. The highest BCUT2D eigenvalue weighted by Gasteiger charge is 2.20. The summed E-state index contributed by atoms with van der Waals surface area (Å²) in [7, 11) is 4.29. The molecule has 0 atom stereocenters. The Balaban J connectivity index is 2.36. The summed E-state index contributed by atoms with van der Waals surface area (Å²) >= 11 is 0. The van der Waals surface area contributed by atoms with Crippen molar-refractivity contribution in [2.24, 2.45) is 0 Å². The zero-order chi connectivity index (χ0) is 8.55. The first-order valence-corrected chi connectivity index (χ1v) is 4.30. The molecular formula is C10H14N2. The number of nitrogens with zero attached hydrogens (tertiary/aromatic N) is 2. The lowest BCUT2D eigenvalue weighted by atomic mass is 10.3. The Morgan fingerprint density at radius 3 is 2.00 bits per heavy atom. The standard InChI is InChI=1S/C10H14N2/c1-11-7-8-12(2)10(11)9-5-3-4-6-9/h3-6H,7-8H2,1-2H3. The topological polar surface area (TPSA) is 6.48 Å². The van der Waals surface area contributed by atoms with Gasteiger partial charge in [0.15, 0.2) is 0 Å². The molecule has 1 saturated heterocycles. The second-order valence-electron chi connectivity index (χ2n) is 3.34. The van der Waals surface area contributed by atoms with Crippen LogP contribution in [0.15, 0.2) is 35.7 Å². The molecule has 2 heteroatoms. The normalized spacial score (nSPS) is 21.8. The van der Waals surface area contributed by atoms with Crippen molar-refractivity contribution in [3.63, 3.8) is 0 Å². The maximum Gasteiger partial charge on any atom is 0.111 e. The molecule has 2 nitrogen and oxygen atoms in total. The average molecular weight is 162 g/mol. The highest BCUT2D eigenvalue weighted by molar-refractivity contribution is 5.43. The molecule has 0 amide bonds. The van der Waals surface area contributed by atoms with Crippen LogP contribution in [0.3, 0.4) is 0 Å².